The number of nitrogens with one attached hydrogen (secondary N) is 1. The minimum absolute atomic E-state index is 0.0422. The normalized spacial score (nSPS) is 12.2. The summed E-state index contributed by atoms with van der Waals surface area (Å²) in [5, 5.41) is 2.93. The van der Waals surface area contributed by atoms with E-state index in [9.17, 15) is 4.79 Å². The first-order chi connectivity index (χ1) is 10.2. The van der Waals surface area contributed by atoms with Crippen molar-refractivity contribution in [1.82, 2.24) is 5.32 Å². The lowest BCUT2D eigenvalue weighted by atomic mass is 10.1. The highest BCUT2D eigenvalue weighted by atomic mass is 16.7. The maximum atomic E-state index is 12.0. The summed E-state index contributed by atoms with van der Waals surface area (Å²) >= 11 is 0. The summed E-state index contributed by atoms with van der Waals surface area (Å²) in [5.74, 6) is 1.51. The Morgan fingerprint density at radius 2 is 2.00 bits per heavy atom. The molecule has 0 atom stereocenters. The predicted octanol–water partition coefficient (Wildman–Crippen LogP) is 2.70. The van der Waals surface area contributed by atoms with Crippen molar-refractivity contribution in [1.29, 1.82) is 0 Å². The zero-order chi connectivity index (χ0) is 14.7. The van der Waals surface area contributed by atoms with E-state index in [4.69, 9.17) is 9.47 Å². The number of benzene rings is 2. The van der Waals surface area contributed by atoms with Gasteiger partial charge in [0.1, 0.15) is 0 Å². The van der Waals surface area contributed by atoms with Crippen molar-refractivity contribution in [3.8, 4) is 11.5 Å². The molecule has 0 saturated heterocycles. The molecule has 1 aliphatic heterocycles. The molecule has 1 N–H and O–H groups in total. The molecule has 4 heteroatoms. The smallest absolute Gasteiger partial charge is 0.251 e. The molecule has 0 bridgehead atoms. The largest absolute Gasteiger partial charge is 0.454 e. The molecule has 2 aromatic carbocycles. The Morgan fingerprint density at radius 3 is 2.86 bits per heavy atom. The van der Waals surface area contributed by atoms with Crippen LogP contribution >= 0.6 is 0 Å². The van der Waals surface area contributed by atoms with E-state index in [2.05, 4.69) is 5.32 Å². The number of carbonyl (C=O) groups is 1. The fourth-order valence-electron chi connectivity index (χ4n) is 2.31. The molecule has 21 heavy (non-hydrogen) atoms. The van der Waals surface area contributed by atoms with Crippen molar-refractivity contribution in [2.45, 2.75) is 13.3 Å². The molecule has 108 valence electrons. The van der Waals surface area contributed by atoms with Crippen molar-refractivity contribution >= 4 is 5.91 Å². The monoisotopic (exact) mass is 283 g/mol. The zero-order valence-electron chi connectivity index (χ0n) is 11.9. The van der Waals surface area contributed by atoms with Crippen molar-refractivity contribution in [3.05, 3.63) is 59.2 Å². The van der Waals surface area contributed by atoms with E-state index in [1.54, 1.807) is 0 Å². The summed E-state index contributed by atoms with van der Waals surface area (Å²) in [6.07, 6.45) is 0.758. The van der Waals surface area contributed by atoms with Crippen LogP contribution in [0.15, 0.2) is 42.5 Å². The van der Waals surface area contributed by atoms with Gasteiger partial charge >= 0.3 is 0 Å². The minimum atomic E-state index is -0.0422. The van der Waals surface area contributed by atoms with Gasteiger partial charge in [0, 0.05) is 12.1 Å². The summed E-state index contributed by atoms with van der Waals surface area (Å²) in [5.41, 5.74) is 2.89. The van der Waals surface area contributed by atoms with Crippen LogP contribution in [-0.4, -0.2) is 19.2 Å². The number of amides is 1. The molecule has 2 aromatic rings. The molecule has 0 aliphatic carbocycles. The first kappa shape index (κ1) is 13.5. The second-order valence-corrected chi connectivity index (χ2v) is 5.06. The van der Waals surface area contributed by atoms with Gasteiger partial charge in [-0.2, -0.15) is 0 Å². The molecule has 0 fully saturated rings. The van der Waals surface area contributed by atoms with Crippen LogP contribution in [0.4, 0.5) is 0 Å². The summed E-state index contributed by atoms with van der Waals surface area (Å²) in [6.45, 7) is 2.85. The summed E-state index contributed by atoms with van der Waals surface area (Å²) < 4.78 is 10.6. The first-order valence-corrected chi connectivity index (χ1v) is 6.96. The molecular weight excluding hydrogens is 266 g/mol. The zero-order valence-corrected chi connectivity index (χ0v) is 11.9. The standard InChI is InChI=1S/C17H17NO3/c1-12-3-2-4-14(9-12)17(19)18-8-7-13-5-6-15-16(10-13)21-11-20-15/h2-6,9-10H,7-8,11H2,1H3,(H,18,19). The summed E-state index contributed by atoms with van der Waals surface area (Å²) in [7, 11) is 0. The van der Waals surface area contributed by atoms with Gasteiger partial charge in [0.2, 0.25) is 6.79 Å². The van der Waals surface area contributed by atoms with Gasteiger partial charge in [-0.25, -0.2) is 0 Å². The average molecular weight is 283 g/mol. The van der Waals surface area contributed by atoms with Crippen LogP contribution in [0, 0.1) is 6.92 Å². The molecular formula is C17H17NO3. The van der Waals surface area contributed by atoms with E-state index in [1.165, 1.54) is 0 Å². The van der Waals surface area contributed by atoms with Crippen molar-refractivity contribution in [2.75, 3.05) is 13.3 Å². The molecule has 0 radical (unpaired) electrons. The molecule has 1 aliphatic rings. The predicted molar refractivity (Wildman–Crippen MR) is 79.8 cm³/mol. The summed E-state index contributed by atoms with van der Waals surface area (Å²) in [6, 6.07) is 13.4. The quantitative estimate of drug-likeness (QED) is 0.938. The average Bonchev–Trinajstić information content (AvgIpc) is 2.94. The van der Waals surface area contributed by atoms with Crippen LogP contribution in [0.2, 0.25) is 0 Å². The molecule has 1 heterocycles. The summed E-state index contributed by atoms with van der Waals surface area (Å²) in [4.78, 5) is 12.0. The Morgan fingerprint density at radius 1 is 1.14 bits per heavy atom. The van der Waals surface area contributed by atoms with Gasteiger partial charge in [-0.15, -0.1) is 0 Å². The van der Waals surface area contributed by atoms with Gasteiger partial charge in [-0.05, 0) is 43.2 Å². The SMILES string of the molecule is Cc1cccc(C(=O)NCCc2ccc3c(c2)OCO3)c1. The third-order valence-corrected chi connectivity index (χ3v) is 3.42. The van der Waals surface area contributed by atoms with Crippen LogP contribution < -0.4 is 14.8 Å². The fraction of sp³-hybridized carbons (Fsp3) is 0.235. The number of aryl methyl sites for hydroxylation is 1. The van der Waals surface area contributed by atoms with E-state index in [0.29, 0.717) is 12.1 Å². The number of rotatable bonds is 4. The van der Waals surface area contributed by atoms with Crippen LogP contribution in [0.3, 0.4) is 0 Å². The topological polar surface area (TPSA) is 47.6 Å². The Balaban J connectivity index is 1.55. The van der Waals surface area contributed by atoms with E-state index in [1.807, 2.05) is 49.4 Å². The second kappa shape index (κ2) is 5.87. The molecule has 0 aromatic heterocycles. The van der Waals surface area contributed by atoms with Gasteiger partial charge in [0.25, 0.3) is 5.91 Å². The van der Waals surface area contributed by atoms with Crippen LogP contribution in [0.5, 0.6) is 11.5 Å². The lowest BCUT2D eigenvalue weighted by molar-refractivity contribution is 0.0954. The van der Waals surface area contributed by atoms with Crippen LogP contribution in [0.25, 0.3) is 0 Å². The number of fused-ring (bicyclic) bond motifs is 1. The molecule has 4 nitrogen and oxygen atoms in total. The molecule has 3 rings (SSSR count). The van der Waals surface area contributed by atoms with Crippen molar-refractivity contribution in [3.63, 3.8) is 0 Å². The maximum Gasteiger partial charge on any atom is 0.251 e. The highest BCUT2D eigenvalue weighted by Crippen LogP contribution is 2.32. The van der Waals surface area contributed by atoms with Gasteiger partial charge < -0.3 is 14.8 Å². The van der Waals surface area contributed by atoms with Crippen molar-refractivity contribution in [2.24, 2.45) is 0 Å². The number of hydrogen-bond acceptors (Lipinski definition) is 3. The lowest BCUT2D eigenvalue weighted by Gasteiger charge is -2.06. The van der Waals surface area contributed by atoms with Crippen molar-refractivity contribution < 1.29 is 14.3 Å². The van der Waals surface area contributed by atoms with Crippen LogP contribution in [0.1, 0.15) is 21.5 Å². The number of ether oxygens (including phenoxy) is 2. The third kappa shape index (κ3) is 3.16. The van der Waals surface area contributed by atoms with Gasteiger partial charge in [-0.3, -0.25) is 4.79 Å². The minimum Gasteiger partial charge on any atom is -0.454 e. The van der Waals surface area contributed by atoms with Gasteiger partial charge in [-0.1, -0.05) is 23.8 Å². The van der Waals surface area contributed by atoms with E-state index < -0.39 is 0 Å². The van der Waals surface area contributed by atoms with E-state index in [-0.39, 0.29) is 12.7 Å². The third-order valence-electron chi connectivity index (χ3n) is 3.42. The van der Waals surface area contributed by atoms with E-state index in [0.717, 1.165) is 29.0 Å². The highest BCUT2D eigenvalue weighted by Gasteiger charge is 2.13. The van der Waals surface area contributed by atoms with Gasteiger partial charge in [0.05, 0.1) is 0 Å². The molecule has 0 spiro atoms. The van der Waals surface area contributed by atoms with E-state index >= 15 is 0 Å². The fourth-order valence-corrected chi connectivity index (χ4v) is 2.31. The maximum absolute atomic E-state index is 12.0. The Hall–Kier alpha value is -2.49. The Labute approximate surface area is 123 Å². The Kier molecular flexibility index (Phi) is 3.77. The number of hydrogen-bond donors (Lipinski definition) is 1. The molecule has 0 saturated carbocycles. The second-order valence-electron chi connectivity index (χ2n) is 5.06. The molecule has 0 unspecified atom stereocenters. The number of carbonyl (C=O) groups excluding carboxylic acids is 1. The lowest BCUT2D eigenvalue weighted by Crippen LogP contribution is -2.25. The Bertz CT molecular complexity index is 667. The first-order valence-electron chi connectivity index (χ1n) is 6.96. The van der Waals surface area contributed by atoms with Gasteiger partial charge in [0.15, 0.2) is 11.5 Å². The highest BCUT2D eigenvalue weighted by molar-refractivity contribution is 5.94. The van der Waals surface area contributed by atoms with Crippen LogP contribution in [-0.2, 0) is 6.42 Å². The molecule has 1 amide bonds.